The Balaban J connectivity index is 1.94. The number of hydrogen-bond acceptors (Lipinski definition) is 4. The summed E-state index contributed by atoms with van der Waals surface area (Å²) in [6.45, 7) is 2.99. The highest BCUT2D eigenvalue weighted by molar-refractivity contribution is 5.75. The van der Waals surface area contributed by atoms with Crippen LogP contribution in [0.15, 0.2) is 42.9 Å². The fraction of sp³-hybridized carbons (Fsp3) is 0.267. The highest BCUT2D eigenvalue weighted by atomic mass is 15.1. The average Bonchev–Trinajstić information content (AvgIpc) is 2.85. The van der Waals surface area contributed by atoms with Gasteiger partial charge in [-0.3, -0.25) is 9.97 Å². The number of benzene rings is 1. The highest BCUT2D eigenvalue weighted by Gasteiger charge is 2.15. The van der Waals surface area contributed by atoms with Crippen LogP contribution in [0.25, 0.3) is 11.0 Å². The molecule has 0 bridgehead atoms. The van der Waals surface area contributed by atoms with Gasteiger partial charge in [0.2, 0.25) is 0 Å². The average molecular weight is 267 g/mol. The molecule has 1 unspecified atom stereocenters. The van der Waals surface area contributed by atoms with Crippen molar-refractivity contribution in [3.05, 3.63) is 54.4 Å². The molecule has 0 fully saturated rings. The van der Waals surface area contributed by atoms with E-state index in [2.05, 4.69) is 32.5 Å². The Bertz CT molecular complexity index is 705. The minimum atomic E-state index is -0.189. The molecule has 5 nitrogen and oxygen atoms in total. The molecule has 20 heavy (non-hydrogen) atoms. The zero-order valence-corrected chi connectivity index (χ0v) is 11.4. The first-order valence-corrected chi connectivity index (χ1v) is 6.75. The summed E-state index contributed by atoms with van der Waals surface area (Å²) in [6.07, 6.45) is 5.68. The fourth-order valence-corrected chi connectivity index (χ4v) is 2.44. The van der Waals surface area contributed by atoms with E-state index in [4.69, 9.17) is 5.73 Å². The van der Waals surface area contributed by atoms with Crippen molar-refractivity contribution in [2.75, 3.05) is 0 Å². The third-order valence-corrected chi connectivity index (χ3v) is 3.42. The minimum Gasteiger partial charge on any atom is -0.328 e. The molecular formula is C15H17N5. The van der Waals surface area contributed by atoms with Gasteiger partial charge in [-0.2, -0.15) is 0 Å². The first-order valence-electron chi connectivity index (χ1n) is 6.75. The van der Waals surface area contributed by atoms with E-state index in [0.29, 0.717) is 6.42 Å². The first-order chi connectivity index (χ1) is 9.79. The third-order valence-electron chi connectivity index (χ3n) is 3.42. The van der Waals surface area contributed by atoms with E-state index < -0.39 is 0 Å². The van der Waals surface area contributed by atoms with Gasteiger partial charge in [-0.1, -0.05) is 12.1 Å². The van der Waals surface area contributed by atoms with Crippen LogP contribution in [-0.2, 0) is 13.0 Å². The number of hydrogen-bond donors (Lipinski definition) is 1. The molecule has 0 spiro atoms. The Labute approximate surface area is 117 Å². The van der Waals surface area contributed by atoms with E-state index in [0.717, 1.165) is 29.1 Å². The standard InChI is InChI=1S/C15H17N5/c1-2-20-14-6-4-3-5-12(14)19-15(20)9-11(16)13-10-17-7-8-18-13/h3-8,10-11H,2,9,16H2,1H3. The van der Waals surface area contributed by atoms with Gasteiger partial charge < -0.3 is 10.3 Å². The lowest BCUT2D eigenvalue weighted by Gasteiger charge is -2.11. The van der Waals surface area contributed by atoms with Crippen molar-refractivity contribution in [2.45, 2.75) is 25.9 Å². The van der Waals surface area contributed by atoms with Crippen LogP contribution >= 0.6 is 0 Å². The molecule has 5 heteroatoms. The molecular weight excluding hydrogens is 250 g/mol. The maximum absolute atomic E-state index is 6.22. The third kappa shape index (κ3) is 2.28. The molecule has 0 aliphatic heterocycles. The SMILES string of the molecule is CCn1c(CC(N)c2cnccn2)nc2ccccc21. The topological polar surface area (TPSA) is 69.6 Å². The normalized spacial score (nSPS) is 12.7. The quantitative estimate of drug-likeness (QED) is 0.785. The summed E-state index contributed by atoms with van der Waals surface area (Å²) in [6, 6.07) is 7.96. The summed E-state index contributed by atoms with van der Waals surface area (Å²) in [4.78, 5) is 13.0. The fourth-order valence-electron chi connectivity index (χ4n) is 2.44. The van der Waals surface area contributed by atoms with E-state index >= 15 is 0 Å². The zero-order valence-electron chi connectivity index (χ0n) is 11.4. The molecule has 102 valence electrons. The molecule has 2 heterocycles. The van der Waals surface area contributed by atoms with Gasteiger partial charge in [0.05, 0.1) is 22.8 Å². The van der Waals surface area contributed by atoms with Crippen LogP contribution in [-0.4, -0.2) is 19.5 Å². The van der Waals surface area contributed by atoms with Crippen LogP contribution < -0.4 is 5.73 Å². The molecule has 0 aliphatic carbocycles. The van der Waals surface area contributed by atoms with Gasteiger partial charge in [0.15, 0.2) is 0 Å². The Kier molecular flexibility index (Phi) is 3.43. The molecule has 1 atom stereocenters. The van der Waals surface area contributed by atoms with Crippen LogP contribution in [0.4, 0.5) is 0 Å². The van der Waals surface area contributed by atoms with Gasteiger partial charge in [0.1, 0.15) is 5.82 Å². The molecule has 0 saturated heterocycles. The van der Waals surface area contributed by atoms with Crippen molar-refractivity contribution in [2.24, 2.45) is 5.73 Å². The smallest absolute Gasteiger partial charge is 0.111 e. The molecule has 1 aromatic carbocycles. The van der Waals surface area contributed by atoms with Gasteiger partial charge >= 0.3 is 0 Å². The van der Waals surface area contributed by atoms with Crippen molar-refractivity contribution in [1.29, 1.82) is 0 Å². The van der Waals surface area contributed by atoms with Gasteiger partial charge in [0.25, 0.3) is 0 Å². The van der Waals surface area contributed by atoms with Gasteiger partial charge in [0, 0.05) is 31.6 Å². The van der Waals surface area contributed by atoms with Crippen molar-refractivity contribution >= 4 is 11.0 Å². The molecule has 0 saturated carbocycles. The first kappa shape index (κ1) is 12.7. The maximum atomic E-state index is 6.22. The lowest BCUT2D eigenvalue weighted by Crippen LogP contribution is -2.17. The molecule has 2 aromatic heterocycles. The summed E-state index contributed by atoms with van der Waals surface area (Å²) in [5, 5.41) is 0. The largest absolute Gasteiger partial charge is 0.328 e. The maximum Gasteiger partial charge on any atom is 0.111 e. The summed E-state index contributed by atoms with van der Waals surface area (Å²) in [5.41, 5.74) is 9.17. The Hall–Kier alpha value is -2.27. The summed E-state index contributed by atoms with van der Waals surface area (Å²) < 4.78 is 2.20. The second-order valence-electron chi connectivity index (χ2n) is 4.70. The molecule has 0 aliphatic rings. The van der Waals surface area contributed by atoms with Gasteiger partial charge in [-0.05, 0) is 19.1 Å². The van der Waals surface area contributed by atoms with E-state index in [1.807, 2.05) is 18.2 Å². The van der Waals surface area contributed by atoms with E-state index in [9.17, 15) is 0 Å². The lowest BCUT2D eigenvalue weighted by atomic mass is 10.1. The van der Waals surface area contributed by atoms with Crippen LogP contribution in [0, 0.1) is 0 Å². The molecule has 3 rings (SSSR count). The molecule has 0 radical (unpaired) electrons. The van der Waals surface area contributed by atoms with Crippen LogP contribution in [0.1, 0.15) is 24.5 Å². The summed E-state index contributed by atoms with van der Waals surface area (Å²) >= 11 is 0. The van der Waals surface area contributed by atoms with Crippen molar-refractivity contribution in [3.63, 3.8) is 0 Å². The van der Waals surface area contributed by atoms with E-state index in [1.54, 1.807) is 18.6 Å². The number of imidazole rings is 1. The predicted molar refractivity (Wildman–Crippen MR) is 78.1 cm³/mol. The Morgan fingerprint density at radius 3 is 2.85 bits per heavy atom. The van der Waals surface area contributed by atoms with Crippen molar-refractivity contribution in [1.82, 2.24) is 19.5 Å². The molecule has 2 N–H and O–H groups in total. The minimum absolute atomic E-state index is 0.189. The number of nitrogens with zero attached hydrogens (tertiary/aromatic N) is 4. The Morgan fingerprint density at radius 1 is 1.25 bits per heavy atom. The monoisotopic (exact) mass is 267 g/mol. The van der Waals surface area contributed by atoms with E-state index in [-0.39, 0.29) is 6.04 Å². The molecule has 0 amide bonds. The van der Waals surface area contributed by atoms with Crippen LogP contribution in [0.2, 0.25) is 0 Å². The summed E-state index contributed by atoms with van der Waals surface area (Å²) in [5.74, 6) is 0.992. The predicted octanol–water partition coefficient (Wildman–Crippen LogP) is 2.09. The van der Waals surface area contributed by atoms with Gasteiger partial charge in [-0.15, -0.1) is 0 Å². The number of rotatable bonds is 4. The zero-order chi connectivity index (χ0) is 13.9. The second kappa shape index (κ2) is 5.38. The number of para-hydroxylation sites is 2. The van der Waals surface area contributed by atoms with Crippen molar-refractivity contribution in [3.8, 4) is 0 Å². The van der Waals surface area contributed by atoms with E-state index in [1.165, 1.54) is 0 Å². The molecule has 3 aromatic rings. The van der Waals surface area contributed by atoms with Crippen LogP contribution in [0.5, 0.6) is 0 Å². The lowest BCUT2D eigenvalue weighted by molar-refractivity contribution is 0.623. The van der Waals surface area contributed by atoms with Gasteiger partial charge in [-0.25, -0.2) is 4.98 Å². The second-order valence-corrected chi connectivity index (χ2v) is 4.70. The Morgan fingerprint density at radius 2 is 2.10 bits per heavy atom. The number of aryl methyl sites for hydroxylation is 1. The van der Waals surface area contributed by atoms with Crippen LogP contribution in [0.3, 0.4) is 0 Å². The number of aromatic nitrogens is 4. The van der Waals surface area contributed by atoms with Crippen molar-refractivity contribution < 1.29 is 0 Å². The highest BCUT2D eigenvalue weighted by Crippen LogP contribution is 2.19. The summed E-state index contributed by atoms with van der Waals surface area (Å²) in [7, 11) is 0. The number of fused-ring (bicyclic) bond motifs is 1. The number of nitrogens with two attached hydrogens (primary N) is 1.